The first-order valence-electron chi connectivity index (χ1n) is 11.0. The third-order valence-corrected chi connectivity index (χ3v) is 5.53. The molecule has 0 aliphatic rings. The molecule has 166 valence electrons. The highest BCUT2D eigenvalue weighted by atomic mass is 16.1. The second kappa shape index (κ2) is 8.90. The van der Waals surface area contributed by atoms with Crippen molar-refractivity contribution in [1.82, 2.24) is 34.7 Å². The van der Waals surface area contributed by atoms with Gasteiger partial charge in [0.1, 0.15) is 0 Å². The van der Waals surface area contributed by atoms with Crippen LogP contribution in [-0.4, -0.2) is 34.7 Å². The van der Waals surface area contributed by atoms with E-state index in [0.29, 0.717) is 12.4 Å². The van der Waals surface area contributed by atoms with Gasteiger partial charge in [-0.2, -0.15) is 5.21 Å². The SMILES string of the molecule is CCCCc1cn(C(C)(C)C)c(=O)n1Cc1ccc(-c2ncccc2-c2nn[nH]n2)cc1. The van der Waals surface area contributed by atoms with Crippen molar-refractivity contribution >= 4 is 0 Å². The van der Waals surface area contributed by atoms with Crippen molar-refractivity contribution in [2.75, 3.05) is 0 Å². The predicted octanol–water partition coefficient (Wildman–Crippen LogP) is 4.04. The van der Waals surface area contributed by atoms with Gasteiger partial charge in [-0.3, -0.25) is 14.1 Å². The summed E-state index contributed by atoms with van der Waals surface area (Å²) in [5, 5.41) is 14.3. The lowest BCUT2D eigenvalue weighted by Gasteiger charge is -2.19. The summed E-state index contributed by atoms with van der Waals surface area (Å²) in [7, 11) is 0. The first-order valence-corrected chi connectivity index (χ1v) is 11.0. The summed E-state index contributed by atoms with van der Waals surface area (Å²) in [4.78, 5) is 17.7. The molecule has 0 atom stereocenters. The quantitative estimate of drug-likeness (QED) is 0.477. The number of rotatable bonds is 7. The van der Waals surface area contributed by atoms with Crippen LogP contribution in [0.2, 0.25) is 0 Å². The van der Waals surface area contributed by atoms with E-state index in [4.69, 9.17) is 0 Å². The summed E-state index contributed by atoms with van der Waals surface area (Å²) in [5.41, 5.74) is 4.50. The van der Waals surface area contributed by atoms with E-state index < -0.39 is 0 Å². The minimum atomic E-state index is -0.252. The molecule has 8 heteroatoms. The number of pyridine rings is 1. The highest BCUT2D eigenvalue weighted by molar-refractivity contribution is 5.76. The second-order valence-corrected chi connectivity index (χ2v) is 8.97. The molecule has 3 heterocycles. The average molecular weight is 432 g/mol. The Morgan fingerprint density at radius 3 is 2.53 bits per heavy atom. The van der Waals surface area contributed by atoms with E-state index in [0.717, 1.165) is 47.3 Å². The van der Waals surface area contributed by atoms with Crippen LogP contribution < -0.4 is 5.69 Å². The van der Waals surface area contributed by atoms with Crippen molar-refractivity contribution in [3.8, 4) is 22.6 Å². The summed E-state index contributed by atoms with van der Waals surface area (Å²) in [6.07, 6.45) is 6.83. The Bertz CT molecular complexity index is 1230. The second-order valence-electron chi connectivity index (χ2n) is 8.97. The van der Waals surface area contributed by atoms with Gasteiger partial charge in [0.05, 0.1) is 12.2 Å². The number of hydrogen-bond acceptors (Lipinski definition) is 5. The summed E-state index contributed by atoms with van der Waals surface area (Å²) in [6.45, 7) is 8.89. The molecule has 1 N–H and O–H groups in total. The molecule has 0 aliphatic heterocycles. The Balaban J connectivity index is 1.65. The molecule has 1 aromatic carbocycles. The van der Waals surface area contributed by atoms with Crippen molar-refractivity contribution < 1.29 is 0 Å². The third-order valence-electron chi connectivity index (χ3n) is 5.53. The van der Waals surface area contributed by atoms with Gasteiger partial charge in [0.25, 0.3) is 0 Å². The number of unbranched alkanes of at least 4 members (excludes halogenated alkanes) is 1. The van der Waals surface area contributed by atoms with Gasteiger partial charge >= 0.3 is 5.69 Å². The van der Waals surface area contributed by atoms with Crippen molar-refractivity contribution in [3.05, 3.63) is 70.5 Å². The molecule has 0 aliphatic carbocycles. The molecule has 4 aromatic rings. The van der Waals surface area contributed by atoms with Crippen LogP contribution in [0.25, 0.3) is 22.6 Å². The van der Waals surface area contributed by atoms with Crippen LogP contribution in [0.3, 0.4) is 0 Å². The van der Waals surface area contributed by atoms with E-state index in [1.54, 1.807) is 6.20 Å². The Kier molecular flexibility index (Phi) is 6.03. The number of tetrazole rings is 1. The number of aryl methyl sites for hydroxylation is 1. The first-order chi connectivity index (χ1) is 15.4. The molecule has 3 aromatic heterocycles. The van der Waals surface area contributed by atoms with Gasteiger partial charge in [-0.1, -0.05) is 37.6 Å². The number of hydrogen-bond donors (Lipinski definition) is 1. The van der Waals surface area contributed by atoms with Crippen LogP contribution in [0.4, 0.5) is 0 Å². The smallest absolute Gasteiger partial charge is 0.294 e. The van der Waals surface area contributed by atoms with E-state index in [1.165, 1.54) is 0 Å². The van der Waals surface area contributed by atoms with Crippen LogP contribution in [0.15, 0.2) is 53.6 Å². The molecule has 0 bridgehead atoms. The van der Waals surface area contributed by atoms with Crippen LogP contribution >= 0.6 is 0 Å². The molecule has 0 spiro atoms. The molecule has 8 nitrogen and oxygen atoms in total. The lowest BCUT2D eigenvalue weighted by Crippen LogP contribution is -2.34. The fourth-order valence-corrected chi connectivity index (χ4v) is 3.78. The highest BCUT2D eigenvalue weighted by Crippen LogP contribution is 2.27. The number of nitrogens with one attached hydrogen (secondary N) is 1. The number of imidazole rings is 1. The van der Waals surface area contributed by atoms with Gasteiger partial charge in [-0.25, -0.2) is 4.79 Å². The fraction of sp³-hybridized carbons (Fsp3) is 0.375. The van der Waals surface area contributed by atoms with E-state index in [-0.39, 0.29) is 11.2 Å². The van der Waals surface area contributed by atoms with E-state index >= 15 is 0 Å². The fourth-order valence-electron chi connectivity index (χ4n) is 3.78. The third kappa shape index (κ3) is 4.39. The Hall–Kier alpha value is -3.55. The molecule has 4 rings (SSSR count). The lowest BCUT2D eigenvalue weighted by atomic mass is 10.0. The molecule has 0 amide bonds. The predicted molar refractivity (Wildman–Crippen MR) is 124 cm³/mol. The van der Waals surface area contributed by atoms with Crippen LogP contribution in [0, 0.1) is 0 Å². The highest BCUT2D eigenvalue weighted by Gasteiger charge is 2.20. The number of aromatic amines is 1. The van der Waals surface area contributed by atoms with Gasteiger partial charge < -0.3 is 0 Å². The minimum Gasteiger partial charge on any atom is -0.294 e. The lowest BCUT2D eigenvalue weighted by molar-refractivity contribution is 0.380. The minimum absolute atomic E-state index is 0.0387. The Morgan fingerprint density at radius 1 is 1.09 bits per heavy atom. The average Bonchev–Trinajstić information content (AvgIpc) is 3.42. The first kappa shape index (κ1) is 21.7. The topological polar surface area (TPSA) is 94.3 Å². The standard InChI is InChI=1S/C24H29N7O/c1-5-6-8-19-16-31(24(2,3)4)23(32)30(19)15-17-10-12-18(13-11-17)21-20(9-7-14-25-21)22-26-28-29-27-22/h7,9-14,16H,5-6,8,15H2,1-4H3,(H,26,27,28,29). The van der Waals surface area contributed by atoms with E-state index in [9.17, 15) is 4.79 Å². The molecule has 0 radical (unpaired) electrons. The van der Waals surface area contributed by atoms with Gasteiger partial charge in [0.2, 0.25) is 5.82 Å². The molecule has 0 fully saturated rings. The van der Waals surface area contributed by atoms with Crippen LogP contribution in [0.1, 0.15) is 51.8 Å². The van der Waals surface area contributed by atoms with Crippen molar-refractivity contribution in [2.24, 2.45) is 0 Å². The van der Waals surface area contributed by atoms with Crippen molar-refractivity contribution in [2.45, 2.75) is 59.0 Å². The van der Waals surface area contributed by atoms with Crippen molar-refractivity contribution in [3.63, 3.8) is 0 Å². The number of nitrogens with zero attached hydrogens (tertiary/aromatic N) is 6. The zero-order chi connectivity index (χ0) is 22.7. The maximum absolute atomic E-state index is 13.2. The maximum atomic E-state index is 13.2. The van der Waals surface area contributed by atoms with Gasteiger partial charge in [0.15, 0.2) is 0 Å². The summed E-state index contributed by atoms with van der Waals surface area (Å²) in [6, 6.07) is 11.9. The summed E-state index contributed by atoms with van der Waals surface area (Å²) >= 11 is 0. The maximum Gasteiger partial charge on any atom is 0.329 e. The molecular weight excluding hydrogens is 402 g/mol. The number of aromatic nitrogens is 7. The van der Waals surface area contributed by atoms with E-state index in [2.05, 4.69) is 65.4 Å². The van der Waals surface area contributed by atoms with Crippen LogP contribution in [-0.2, 0) is 18.5 Å². The Labute approximate surface area is 187 Å². The zero-order valence-corrected chi connectivity index (χ0v) is 19.0. The molecular formula is C24H29N7O. The van der Waals surface area contributed by atoms with Gasteiger partial charge in [-0.15, -0.1) is 10.2 Å². The zero-order valence-electron chi connectivity index (χ0n) is 19.0. The number of H-pyrrole nitrogens is 1. The largest absolute Gasteiger partial charge is 0.329 e. The monoisotopic (exact) mass is 431 g/mol. The van der Waals surface area contributed by atoms with Gasteiger partial charge in [0, 0.05) is 34.8 Å². The normalized spacial score (nSPS) is 11.8. The van der Waals surface area contributed by atoms with E-state index in [1.807, 2.05) is 39.6 Å². The van der Waals surface area contributed by atoms with Crippen molar-refractivity contribution in [1.29, 1.82) is 0 Å². The number of benzene rings is 1. The molecule has 0 unspecified atom stereocenters. The molecule has 32 heavy (non-hydrogen) atoms. The summed E-state index contributed by atoms with van der Waals surface area (Å²) < 4.78 is 3.75. The Morgan fingerprint density at radius 2 is 1.88 bits per heavy atom. The van der Waals surface area contributed by atoms with Crippen LogP contribution in [0.5, 0.6) is 0 Å². The van der Waals surface area contributed by atoms with Gasteiger partial charge in [-0.05, 0) is 56.5 Å². The molecule has 0 saturated carbocycles. The molecule has 0 saturated heterocycles. The summed E-state index contributed by atoms with van der Waals surface area (Å²) in [5.74, 6) is 0.507.